The molecule has 0 aliphatic carbocycles. The van der Waals surface area contributed by atoms with Gasteiger partial charge in [-0.1, -0.05) is 6.07 Å². The van der Waals surface area contributed by atoms with Gasteiger partial charge in [-0.2, -0.15) is 0 Å². The summed E-state index contributed by atoms with van der Waals surface area (Å²) in [7, 11) is 0. The summed E-state index contributed by atoms with van der Waals surface area (Å²) < 4.78 is 6.02. The zero-order chi connectivity index (χ0) is 16.2. The average Bonchev–Trinajstić information content (AvgIpc) is 3.03. The Morgan fingerprint density at radius 3 is 2.96 bits per heavy atom. The Morgan fingerprint density at radius 1 is 1.21 bits per heavy atom. The Bertz CT molecular complexity index is 636. The molecule has 128 valence electrons. The van der Waals surface area contributed by atoms with E-state index in [-0.39, 0.29) is 5.41 Å². The topological polar surface area (TPSA) is 41.5 Å². The lowest BCUT2D eigenvalue weighted by Crippen LogP contribution is -2.50. The number of piperidine rings is 1. The van der Waals surface area contributed by atoms with E-state index < -0.39 is 0 Å². The maximum Gasteiger partial charge on any atom is 0.115 e. The molecule has 2 aliphatic heterocycles. The number of ether oxygens (including phenoxy) is 1. The van der Waals surface area contributed by atoms with E-state index in [4.69, 9.17) is 4.74 Å². The number of hydrogen-bond donors (Lipinski definition) is 0. The lowest BCUT2D eigenvalue weighted by Gasteiger charge is -2.43. The van der Waals surface area contributed by atoms with Crippen LogP contribution in [0.25, 0.3) is 0 Å². The van der Waals surface area contributed by atoms with Crippen LogP contribution < -0.4 is 4.90 Å². The molecule has 0 saturated carbocycles. The minimum atomic E-state index is 0.210. The lowest BCUT2D eigenvalue weighted by molar-refractivity contribution is 0.0110. The fourth-order valence-corrected chi connectivity index (χ4v) is 4.73. The molecule has 2 aromatic rings. The summed E-state index contributed by atoms with van der Waals surface area (Å²) in [4.78, 5) is 14.8. The van der Waals surface area contributed by atoms with E-state index in [1.807, 2.05) is 23.7 Å². The molecule has 5 nitrogen and oxygen atoms in total. The van der Waals surface area contributed by atoms with Crippen molar-refractivity contribution in [2.24, 2.45) is 5.41 Å². The third-order valence-electron chi connectivity index (χ3n) is 5.05. The van der Waals surface area contributed by atoms with Crippen LogP contribution in [0.4, 0.5) is 5.69 Å². The van der Waals surface area contributed by atoms with Gasteiger partial charge in [-0.15, -0.1) is 11.3 Å². The lowest BCUT2D eigenvalue weighted by atomic mass is 9.80. The fourth-order valence-electron chi connectivity index (χ4n) is 3.98. The fraction of sp³-hybridized carbons (Fsp3) is 0.556. The van der Waals surface area contributed by atoms with Crippen LogP contribution in [-0.2, 0) is 11.3 Å². The summed E-state index contributed by atoms with van der Waals surface area (Å²) in [5.74, 6) is 0. The van der Waals surface area contributed by atoms with Crippen molar-refractivity contribution in [1.29, 1.82) is 0 Å². The summed E-state index contributed by atoms with van der Waals surface area (Å²) in [6.07, 6.45) is 7.90. The minimum Gasteiger partial charge on any atom is -0.379 e. The van der Waals surface area contributed by atoms with Crippen LogP contribution in [0.1, 0.15) is 17.7 Å². The molecule has 0 amide bonds. The molecular formula is C18H24N4OS. The van der Waals surface area contributed by atoms with Gasteiger partial charge >= 0.3 is 0 Å². The van der Waals surface area contributed by atoms with Gasteiger partial charge in [-0.05, 0) is 30.8 Å². The summed E-state index contributed by atoms with van der Waals surface area (Å²) >= 11 is 1.85. The number of aromatic nitrogens is 2. The highest BCUT2D eigenvalue weighted by atomic mass is 32.1. The van der Waals surface area contributed by atoms with Crippen molar-refractivity contribution >= 4 is 17.0 Å². The Hall–Kier alpha value is -1.50. The Balaban J connectivity index is 1.49. The molecule has 0 bridgehead atoms. The first-order valence-electron chi connectivity index (χ1n) is 8.66. The van der Waals surface area contributed by atoms with E-state index in [1.54, 1.807) is 6.33 Å². The van der Waals surface area contributed by atoms with Gasteiger partial charge in [0.1, 0.15) is 6.33 Å². The number of rotatable bonds is 3. The third kappa shape index (κ3) is 3.61. The van der Waals surface area contributed by atoms with Crippen molar-refractivity contribution in [2.75, 3.05) is 44.3 Å². The summed E-state index contributed by atoms with van der Waals surface area (Å²) in [6, 6.07) is 4.38. The minimum absolute atomic E-state index is 0.210. The normalized spacial score (nSPS) is 25.8. The van der Waals surface area contributed by atoms with Gasteiger partial charge in [-0.25, -0.2) is 9.97 Å². The third-order valence-corrected chi connectivity index (χ3v) is 5.91. The first-order chi connectivity index (χ1) is 11.8. The van der Waals surface area contributed by atoms with Crippen LogP contribution in [0.15, 0.2) is 36.2 Å². The molecule has 0 unspecified atom stereocenters. The van der Waals surface area contributed by atoms with Crippen LogP contribution in [0.5, 0.6) is 0 Å². The summed E-state index contributed by atoms with van der Waals surface area (Å²) in [5, 5.41) is 2.17. The monoisotopic (exact) mass is 344 g/mol. The van der Waals surface area contributed by atoms with Crippen molar-refractivity contribution in [3.8, 4) is 0 Å². The van der Waals surface area contributed by atoms with Crippen molar-refractivity contribution in [1.82, 2.24) is 14.9 Å². The standard InChI is InChI=1S/C18H24N4OS/c1-3-17(24-8-1)11-21-5-2-4-18(12-21)13-22(6-7-23-14-18)16-9-19-15-20-10-16/h1,3,8-10,15H,2,4-7,11-14H2/t18-/m1/s1. The molecule has 4 heterocycles. The van der Waals surface area contributed by atoms with Crippen LogP contribution >= 0.6 is 11.3 Å². The molecule has 1 atom stereocenters. The predicted molar refractivity (Wildman–Crippen MR) is 96.3 cm³/mol. The number of nitrogens with zero attached hydrogens (tertiary/aromatic N) is 4. The predicted octanol–water partition coefficient (Wildman–Crippen LogP) is 2.66. The van der Waals surface area contributed by atoms with Crippen molar-refractivity contribution in [2.45, 2.75) is 19.4 Å². The average molecular weight is 344 g/mol. The van der Waals surface area contributed by atoms with Crippen LogP contribution in [-0.4, -0.2) is 54.3 Å². The molecule has 4 rings (SSSR count). The van der Waals surface area contributed by atoms with Gasteiger partial charge in [0.15, 0.2) is 0 Å². The van der Waals surface area contributed by atoms with Crippen LogP contribution in [0.3, 0.4) is 0 Å². The molecular weight excluding hydrogens is 320 g/mol. The van der Waals surface area contributed by atoms with E-state index in [1.165, 1.54) is 24.3 Å². The Kier molecular flexibility index (Phi) is 4.78. The van der Waals surface area contributed by atoms with E-state index in [0.717, 1.165) is 45.1 Å². The van der Waals surface area contributed by atoms with Crippen molar-refractivity contribution in [3.05, 3.63) is 41.1 Å². The first-order valence-corrected chi connectivity index (χ1v) is 9.53. The number of thiophene rings is 1. The second-order valence-corrected chi connectivity index (χ2v) is 8.00. The summed E-state index contributed by atoms with van der Waals surface area (Å²) in [5.41, 5.74) is 1.32. The van der Waals surface area contributed by atoms with E-state index >= 15 is 0 Å². The van der Waals surface area contributed by atoms with E-state index in [2.05, 4.69) is 37.3 Å². The maximum atomic E-state index is 6.02. The van der Waals surface area contributed by atoms with Gasteiger partial charge in [0.2, 0.25) is 0 Å². The molecule has 1 spiro atoms. The number of anilines is 1. The van der Waals surface area contributed by atoms with Gasteiger partial charge in [0.05, 0.1) is 31.3 Å². The van der Waals surface area contributed by atoms with Crippen LogP contribution in [0.2, 0.25) is 0 Å². The first kappa shape index (κ1) is 16.0. The Morgan fingerprint density at radius 2 is 2.12 bits per heavy atom. The highest BCUT2D eigenvalue weighted by molar-refractivity contribution is 7.09. The number of likely N-dealkylation sites (tertiary alicyclic amines) is 1. The van der Waals surface area contributed by atoms with Crippen LogP contribution in [0, 0.1) is 5.41 Å². The Labute approximate surface area is 147 Å². The maximum absolute atomic E-state index is 6.02. The quantitative estimate of drug-likeness (QED) is 0.856. The molecule has 2 aromatic heterocycles. The van der Waals surface area contributed by atoms with E-state index in [9.17, 15) is 0 Å². The van der Waals surface area contributed by atoms with Gasteiger partial charge in [0, 0.05) is 36.5 Å². The molecule has 2 fully saturated rings. The molecule has 2 aliphatic rings. The second kappa shape index (κ2) is 7.17. The molecule has 24 heavy (non-hydrogen) atoms. The van der Waals surface area contributed by atoms with Crippen molar-refractivity contribution < 1.29 is 4.74 Å². The highest BCUT2D eigenvalue weighted by Gasteiger charge is 2.39. The largest absolute Gasteiger partial charge is 0.379 e. The molecule has 0 aromatic carbocycles. The van der Waals surface area contributed by atoms with Crippen molar-refractivity contribution in [3.63, 3.8) is 0 Å². The molecule has 0 N–H and O–H groups in total. The van der Waals surface area contributed by atoms with Gasteiger partial charge < -0.3 is 9.64 Å². The zero-order valence-electron chi connectivity index (χ0n) is 13.9. The van der Waals surface area contributed by atoms with Gasteiger partial charge in [-0.3, -0.25) is 4.90 Å². The second-order valence-electron chi connectivity index (χ2n) is 6.96. The number of hydrogen-bond acceptors (Lipinski definition) is 6. The molecule has 2 saturated heterocycles. The van der Waals surface area contributed by atoms with E-state index in [0.29, 0.717) is 0 Å². The molecule has 0 radical (unpaired) electrons. The molecule has 6 heteroatoms. The zero-order valence-corrected chi connectivity index (χ0v) is 14.7. The highest BCUT2D eigenvalue weighted by Crippen LogP contribution is 2.35. The SMILES string of the molecule is c1csc(CN2CCC[C@@]3(COCCN(c4cncnc4)C3)C2)c1. The summed E-state index contributed by atoms with van der Waals surface area (Å²) in [6.45, 7) is 6.94. The van der Waals surface area contributed by atoms with Gasteiger partial charge in [0.25, 0.3) is 0 Å². The smallest absolute Gasteiger partial charge is 0.115 e.